The number of benzene rings is 1. The molecule has 0 spiro atoms. The molecule has 0 aliphatic heterocycles. The zero-order valence-electron chi connectivity index (χ0n) is 12.2. The lowest BCUT2D eigenvalue weighted by molar-refractivity contribution is 0.981. The number of imidazole rings is 1. The van der Waals surface area contributed by atoms with Gasteiger partial charge in [0.25, 0.3) is 0 Å². The molecule has 4 nitrogen and oxygen atoms in total. The highest BCUT2D eigenvalue weighted by Gasteiger charge is 2.24. The van der Waals surface area contributed by atoms with Gasteiger partial charge < -0.3 is 5.32 Å². The zero-order chi connectivity index (χ0) is 15.8. The fourth-order valence-electron chi connectivity index (χ4n) is 2.55. The van der Waals surface area contributed by atoms with Crippen molar-refractivity contribution in [3.05, 3.63) is 64.5 Å². The van der Waals surface area contributed by atoms with Crippen molar-refractivity contribution in [2.75, 3.05) is 5.32 Å². The maximum Gasteiger partial charge on any atom is 0.213 e. The average Bonchev–Trinajstić information content (AvgIpc) is 3.30. The molecule has 0 atom stereocenters. The van der Waals surface area contributed by atoms with Crippen LogP contribution >= 0.6 is 23.2 Å². The summed E-state index contributed by atoms with van der Waals surface area (Å²) in [6.07, 6.45) is 7.95. The maximum absolute atomic E-state index is 6.22. The van der Waals surface area contributed by atoms with Crippen molar-refractivity contribution in [1.82, 2.24) is 14.5 Å². The normalized spacial score (nSPS) is 14.0. The summed E-state index contributed by atoms with van der Waals surface area (Å²) in [5, 5.41) is 4.30. The van der Waals surface area contributed by atoms with Gasteiger partial charge in [0.2, 0.25) is 5.95 Å². The molecule has 0 saturated heterocycles. The Hall–Kier alpha value is -2.04. The van der Waals surface area contributed by atoms with E-state index in [0.717, 1.165) is 5.82 Å². The predicted octanol–water partition coefficient (Wildman–Crippen LogP) is 5.20. The van der Waals surface area contributed by atoms with Crippen LogP contribution in [0.4, 0.5) is 11.6 Å². The van der Waals surface area contributed by atoms with Gasteiger partial charge in [-0.15, -0.1) is 0 Å². The van der Waals surface area contributed by atoms with Gasteiger partial charge >= 0.3 is 0 Å². The summed E-state index contributed by atoms with van der Waals surface area (Å²) in [7, 11) is 0. The number of hydrogen-bond acceptors (Lipinski definition) is 3. The Morgan fingerprint density at radius 3 is 2.57 bits per heavy atom. The van der Waals surface area contributed by atoms with E-state index in [1.807, 2.05) is 23.0 Å². The van der Waals surface area contributed by atoms with E-state index in [0.29, 0.717) is 27.6 Å². The molecule has 4 rings (SSSR count). The van der Waals surface area contributed by atoms with E-state index in [2.05, 4.69) is 27.4 Å². The van der Waals surface area contributed by atoms with Gasteiger partial charge in [-0.2, -0.15) is 0 Å². The van der Waals surface area contributed by atoms with Gasteiger partial charge in [-0.3, -0.25) is 4.57 Å². The maximum atomic E-state index is 6.22. The SMILES string of the molecule is Clc1cccc(Cl)c1Nc1nccn1-c1cc(C2CC2)ccn1. The second kappa shape index (κ2) is 5.87. The van der Waals surface area contributed by atoms with E-state index in [9.17, 15) is 0 Å². The first-order valence-electron chi connectivity index (χ1n) is 7.43. The summed E-state index contributed by atoms with van der Waals surface area (Å²) in [6, 6.07) is 9.57. The number of nitrogens with one attached hydrogen (secondary N) is 1. The Morgan fingerprint density at radius 2 is 1.83 bits per heavy atom. The molecule has 1 aromatic carbocycles. The molecule has 116 valence electrons. The molecule has 2 aromatic heterocycles. The summed E-state index contributed by atoms with van der Waals surface area (Å²) in [6.45, 7) is 0. The number of para-hydroxylation sites is 1. The van der Waals surface area contributed by atoms with Crippen LogP contribution in [0.25, 0.3) is 5.82 Å². The van der Waals surface area contributed by atoms with Crippen molar-refractivity contribution < 1.29 is 0 Å². The molecule has 1 aliphatic rings. The third-order valence-electron chi connectivity index (χ3n) is 3.91. The molecular formula is C17H14Cl2N4. The number of halogens is 2. The van der Waals surface area contributed by atoms with Crippen LogP contribution in [0.5, 0.6) is 0 Å². The molecule has 0 radical (unpaired) electrons. The van der Waals surface area contributed by atoms with Crippen molar-refractivity contribution in [2.45, 2.75) is 18.8 Å². The molecule has 1 aliphatic carbocycles. The Kier molecular flexibility index (Phi) is 3.71. The molecule has 3 aromatic rings. The fraction of sp³-hybridized carbons (Fsp3) is 0.176. The van der Waals surface area contributed by atoms with Gasteiger partial charge in [-0.05, 0) is 48.6 Å². The molecule has 0 bridgehead atoms. The fourth-order valence-corrected chi connectivity index (χ4v) is 3.04. The number of anilines is 2. The summed E-state index contributed by atoms with van der Waals surface area (Å²) in [5.74, 6) is 2.13. The summed E-state index contributed by atoms with van der Waals surface area (Å²) < 4.78 is 1.89. The molecular weight excluding hydrogens is 331 g/mol. The van der Waals surface area contributed by atoms with E-state index in [1.54, 1.807) is 18.3 Å². The molecule has 23 heavy (non-hydrogen) atoms. The molecule has 1 N–H and O–H groups in total. The first kappa shape index (κ1) is 14.5. The lowest BCUT2D eigenvalue weighted by Gasteiger charge is -2.12. The monoisotopic (exact) mass is 344 g/mol. The van der Waals surface area contributed by atoms with Crippen LogP contribution in [0.1, 0.15) is 24.3 Å². The molecule has 1 saturated carbocycles. The smallest absolute Gasteiger partial charge is 0.213 e. The van der Waals surface area contributed by atoms with Crippen LogP contribution in [-0.4, -0.2) is 14.5 Å². The van der Waals surface area contributed by atoms with Crippen LogP contribution < -0.4 is 5.32 Å². The second-order valence-electron chi connectivity index (χ2n) is 5.56. The third kappa shape index (κ3) is 2.92. The average molecular weight is 345 g/mol. The highest BCUT2D eigenvalue weighted by atomic mass is 35.5. The number of hydrogen-bond donors (Lipinski definition) is 1. The minimum atomic E-state index is 0.548. The van der Waals surface area contributed by atoms with Crippen LogP contribution in [0.15, 0.2) is 48.9 Å². The van der Waals surface area contributed by atoms with Crippen LogP contribution in [0.2, 0.25) is 10.0 Å². The van der Waals surface area contributed by atoms with E-state index in [-0.39, 0.29) is 0 Å². The van der Waals surface area contributed by atoms with Crippen LogP contribution in [-0.2, 0) is 0 Å². The predicted molar refractivity (Wildman–Crippen MR) is 93.1 cm³/mol. The summed E-state index contributed by atoms with van der Waals surface area (Å²) in [5.41, 5.74) is 1.96. The first-order valence-corrected chi connectivity index (χ1v) is 8.18. The molecule has 0 unspecified atom stereocenters. The van der Waals surface area contributed by atoms with Gasteiger partial charge in [0.05, 0.1) is 15.7 Å². The summed E-state index contributed by atoms with van der Waals surface area (Å²) >= 11 is 12.4. The quantitative estimate of drug-likeness (QED) is 0.707. The molecule has 6 heteroatoms. The highest BCUT2D eigenvalue weighted by Crippen LogP contribution is 2.40. The van der Waals surface area contributed by atoms with E-state index in [4.69, 9.17) is 23.2 Å². The Morgan fingerprint density at radius 1 is 1.04 bits per heavy atom. The van der Waals surface area contributed by atoms with Gasteiger partial charge in [-0.25, -0.2) is 9.97 Å². The number of pyridine rings is 1. The largest absolute Gasteiger partial charge is 0.323 e. The Balaban J connectivity index is 1.70. The van der Waals surface area contributed by atoms with Crippen molar-refractivity contribution in [3.63, 3.8) is 0 Å². The minimum absolute atomic E-state index is 0.548. The van der Waals surface area contributed by atoms with Gasteiger partial charge in [0, 0.05) is 18.6 Å². The van der Waals surface area contributed by atoms with E-state index < -0.39 is 0 Å². The van der Waals surface area contributed by atoms with Crippen LogP contribution in [0, 0.1) is 0 Å². The van der Waals surface area contributed by atoms with Crippen molar-refractivity contribution in [3.8, 4) is 5.82 Å². The summed E-state index contributed by atoms with van der Waals surface area (Å²) in [4.78, 5) is 8.81. The second-order valence-corrected chi connectivity index (χ2v) is 6.38. The standard InChI is InChI=1S/C17H14Cl2N4/c18-13-2-1-3-14(19)16(13)22-17-21-8-9-23(17)15-10-12(6-7-20-15)11-4-5-11/h1-3,6-11H,4-5H2,(H,21,22). The van der Waals surface area contributed by atoms with Gasteiger partial charge in [0.15, 0.2) is 0 Å². The number of nitrogens with zero attached hydrogens (tertiary/aromatic N) is 3. The topological polar surface area (TPSA) is 42.7 Å². The molecule has 0 amide bonds. The molecule has 1 fully saturated rings. The van der Waals surface area contributed by atoms with Gasteiger partial charge in [-0.1, -0.05) is 29.3 Å². The lowest BCUT2D eigenvalue weighted by Crippen LogP contribution is -2.04. The van der Waals surface area contributed by atoms with E-state index >= 15 is 0 Å². The number of aromatic nitrogens is 3. The number of rotatable bonds is 4. The highest BCUT2D eigenvalue weighted by molar-refractivity contribution is 6.39. The van der Waals surface area contributed by atoms with Crippen molar-refractivity contribution in [1.29, 1.82) is 0 Å². The first-order chi connectivity index (χ1) is 11.2. The molecule has 2 heterocycles. The van der Waals surface area contributed by atoms with Crippen molar-refractivity contribution in [2.24, 2.45) is 0 Å². The minimum Gasteiger partial charge on any atom is -0.323 e. The van der Waals surface area contributed by atoms with Crippen LogP contribution in [0.3, 0.4) is 0 Å². The Labute approximate surface area is 144 Å². The van der Waals surface area contributed by atoms with Crippen molar-refractivity contribution >= 4 is 34.8 Å². The van der Waals surface area contributed by atoms with Gasteiger partial charge in [0.1, 0.15) is 5.82 Å². The zero-order valence-corrected chi connectivity index (χ0v) is 13.7. The third-order valence-corrected chi connectivity index (χ3v) is 4.54. The van der Waals surface area contributed by atoms with E-state index in [1.165, 1.54) is 18.4 Å². The lowest BCUT2D eigenvalue weighted by atomic mass is 10.2. The Bertz CT molecular complexity index is 835.